The van der Waals surface area contributed by atoms with Crippen molar-refractivity contribution < 1.29 is 4.79 Å². The van der Waals surface area contributed by atoms with Gasteiger partial charge >= 0.3 is 0 Å². The standard InChI is InChI=1S/C22H17N3O/c26-22(24-15-16-10-12-23-13-11-16)19-14-21(17-6-2-1-3-7-17)25-20-9-5-4-8-18(19)20/h1-14H,15H2,(H,24,26). The summed E-state index contributed by atoms with van der Waals surface area (Å²) < 4.78 is 0. The minimum absolute atomic E-state index is 0.113. The van der Waals surface area contributed by atoms with E-state index in [9.17, 15) is 4.79 Å². The summed E-state index contributed by atoms with van der Waals surface area (Å²) in [5.41, 5.74) is 4.22. The van der Waals surface area contributed by atoms with E-state index >= 15 is 0 Å². The number of benzene rings is 2. The van der Waals surface area contributed by atoms with Gasteiger partial charge in [0.15, 0.2) is 0 Å². The summed E-state index contributed by atoms with van der Waals surface area (Å²) in [4.78, 5) is 21.6. The van der Waals surface area contributed by atoms with Crippen molar-refractivity contribution in [1.82, 2.24) is 15.3 Å². The van der Waals surface area contributed by atoms with Crippen LogP contribution in [0.4, 0.5) is 0 Å². The van der Waals surface area contributed by atoms with Crippen LogP contribution in [0.3, 0.4) is 0 Å². The lowest BCUT2D eigenvalue weighted by atomic mass is 10.0. The van der Waals surface area contributed by atoms with E-state index in [0.29, 0.717) is 12.1 Å². The van der Waals surface area contributed by atoms with Crippen molar-refractivity contribution in [3.63, 3.8) is 0 Å². The Morgan fingerprint density at radius 3 is 2.42 bits per heavy atom. The SMILES string of the molecule is O=C(NCc1ccncc1)c1cc(-c2ccccc2)nc2ccccc12. The Labute approximate surface area is 151 Å². The average molecular weight is 339 g/mol. The molecular weight excluding hydrogens is 322 g/mol. The number of para-hydroxylation sites is 1. The van der Waals surface area contributed by atoms with Gasteiger partial charge in [-0.2, -0.15) is 0 Å². The average Bonchev–Trinajstić information content (AvgIpc) is 2.72. The van der Waals surface area contributed by atoms with Gasteiger partial charge in [0.25, 0.3) is 5.91 Å². The molecule has 1 amide bonds. The zero-order valence-electron chi connectivity index (χ0n) is 14.1. The van der Waals surface area contributed by atoms with Gasteiger partial charge in [-0.3, -0.25) is 9.78 Å². The van der Waals surface area contributed by atoms with Gasteiger partial charge in [0, 0.05) is 29.9 Å². The molecule has 26 heavy (non-hydrogen) atoms. The summed E-state index contributed by atoms with van der Waals surface area (Å²) in [6.45, 7) is 0.457. The molecule has 4 aromatic rings. The lowest BCUT2D eigenvalue weighted by Gasteiger charge is -2.11. The lowest BCUT2D eigenvalue weighted by molar-refractivity contribution is 0.0952. The molecule has 0 atom stereocenters. The zero-order chi connectivity index (χ0) is 17.8. The van der Waals surface area contributed by atoms with Gasteiger partial charge in [-0.05, 0) is 29.8 Å². The fourth-order valence-corrected chi connectivity index (χ4v) is 2.90. The first-order valence-electron chi connectivity index (χ1n) is 8.43. The fourth-order valence-electron chi connectivity index (χ4n) is 2.90. The predicted molar refractivity (Wildman–Crippen MR) is 103 cm³/mol. The van der Waals surface area contributed by atoms with Crippen molar-refractivity contribution in [1.29, 1.82) is 0 Å². The van der Waals surface area contributed by atoms with Gasteiger partial charge in [-0.1, -0.05) is 48.5 Å². The number of carbonyl (C=O) groups excluding carboxylic acids is 1. The first-order chi connectivity index (χ1) is 12.8. The first-order valence-corrected chi connectivity index (χ1v) is 8.43. The van der Waals surface area contributed by atoms with Gasteiger partial charge in [0.1, 0.15) is 0 Å². The summed E-state index contributed by atoms with van der Waals surface area (Å²) in [5, 5.41) is 3.84. The highest BCUT2D eigenvalue weighted by atomic mass is 16.1. The third kappa shape index (κ3) is 3.30. The Morgan fingerprint density at radius 2 is 1.62 bits per heavy atom. The smallest absolute Gasteiger partial charge is 0.252 e. The molecule has 0 fully saturated rings. The normalized spacial score (nSPS) is 10.6. The second kappa shape index (κ2) is 7.15. The molecule has 4 heteroatoms. The molecule has 0 aliphatic heterocycles. The summed E-state index contributed by atoms with van der Waals surface area (Å²) in [6.07, 6.45) is 3.44. The fraction of sp³-hybridized carbons (Fsp3) is 0.0455. The highest BCUT2D eigenvalue weighted by molar-refractivity contribution is 6.07. The number of hydrogen-bond donors (Lipinski definition) is 1. The lowest BCUT2D eigenvalue weighted by Crippen LogP contribution is -2.23. The molecule has 4 nitrogen and oxygen atoms in total. The van der Waals surface area contributed by atoms with Crippen LogP contribution in [0.25, 0.3) is 22.2 Å². The molecule has 1 N–H and O–H groups in total. The predicted octanol–water partition coefficient (Wildman–Crippen LogP) is 4.23. The van der Waals surface area contributed by atoms with E-state index < -0.39 is 0 Å². The highest BCUT2D eigenvalue weighted by Crippen LogP contribution is 2.24. The van der Waals surface area contributed by atoms with E-state index in [4.69, 9.17) is 4.98 Å². The van der Waals surface area contributed by atoms with E-state index in [1.165, 1.54) is 0 Å². The van der Waals surface area contributed by atoms with E-state index in [1.54, 1.807) is 12.4 Å². The Balaban J connectivity index is 1.72. The van der Waals surface area contributed by atoms with Gasteiger partial charge in [-0.25, -0.2) is 4.98 Å². The van der Waals surface area contributed by atoms with Crippen LogP contribution in [0.15, 0.2) is 85.2 Å². The number of carbonyl (C=O) groups is 1. The Morgan fingerprint density at radius 1 is 0.885 bits per heavy atom. The Kier molecular flexibility index (Phi) is 4.39. The van der Waals surface area contributed by atoms with E-state index in [-0.39, 0.29) is 5.91 Å². The third-order valence-electron chi connectivity index (χ3n) is 4.23. The van der Waals surface area contributed by atoms with Crippen molar-refractivity contribution in [2.75, 3.05) is 0 Å². The van der Waals surface area contributed by atoms with Crippen molar-refractivity contribution in [3.05, 3.63) is 96.3 Å². The summed E-state index contributed by atoms with van der Waals surface area (Å²) in [6, 6.07) is 23.2. The molecule has 2 aromatic heterocycles. The quantitative estimate of drug-likeness (QED) is 0.605. The third-order valence-corrected chi connectivity index (χ3v) is 4.23. The van der Waals surface area contributed by atoms with Gasteiger partial charge in [-0.15, -0.1) is 0 Å². The van der Waals surface area contributed by atoms with Crippen molar-refractivity contribution in [2.24, 2.45) is 0 Å². The monoisotopic (exact) mass is 339 g/mol. The molecular formula is C22H17N3O. The van der Waals surface area contributed by atoms with Crippen LogP contribution in [-0.2, 0) is 6.54 Å². The van der Waals surface area contributed by atoms with Crippen LogP contribution in [-0.4, -0.2) is 15.9 Å². The highest BCUT2D eigenvalue weighted by Gasteiger charge is 2.13. The van der Waals surface area contributed by atoms with Crippen molar-refractivity contribution in [3.8, 4) is 11.3 Å². The molecule has 0 aliphatic carbocycles. The number of hydrogen-bond acceptors (Lipinski definition) is 3. The van der Waals surface area contributed by atoms with Crippen molar-refractivity contribution in [2.45, 2.75) is 6.54 Å². The van der Waals surface area contributed by atoms with Crippen LogP contribution in [0.2, 0.25) is 0 Å². The van der Waals surface area contributed by atoms with Crippen LogP contribution < -0.4 is 5.32 Å². The van der Waals surface area contributed by atoms with Crippen molar-refractivity contribution >= 4 is 16.8 Å². The molecule has 0 bridgehead atoms. The zero-order valence-corrected chi connectivity index (χ0v) is 14.1. The maximum atomic E-state index is 12.9. The molecule has 2 heterocycles. The minimum atomic E-state index is -0.113. The summed E-state index contributed by atoms with van der Waals surface area (Å²) in [7, 11) is 0. The molecule has 0 saturated heterocycles. The van der Waals surface area contributed by atoms with E-state index in [2.05, 4.69) is 10.3 Å². The molecule has 4 rings (SSSR count). The second-order valence-corrected chi connectivity index (χ2v) is 5.98. The number of rotatable bonds is 4. The number of fused-ring (bicyclic) bond motifs is 1. The number of nitrogens with zero attached hydrogens (tertiary/aromatic N) is 2. The van der Waals surface area contributed by atoms with Crippen LogP contribution in [0.5, 0.6) is 0 Å². The molecule has 126 valence electrons. The maximum Gasteiger partial charge on any atom is 0.252 e. The van der Waals surface area contributed by atoms with Crippen LogP contribution in [0.1, 0.15) is 15.9 Å². The van der Waals surface area contributed by atoms with E-state index in [1.807, 2.05) is 72.8 Å². The number of pyridine rings is 2. The molecule has 2 aromatic carbocycles. The minimum Gasteiger partial charge on any atom is -0.348 e. The summed E-state index contributed by atoms with van der Waals surface area (Å²) >= 11 is 0. The number of amides is 1. The van der Waals surface area contributed by atoms with Gasteiger partial charge in [0.2, 0.25) is 0 Å². The molecule has 0 unspecified atom stereocenters. The van der Waals surface area contributed by atoms with Crippen LogP contribution in [0, 0.1) is 0 Å². The van der Waals surface area contributed by atoms with E-state index in [0.717, 1.165) is 27.7 Å². The Hall–Kier alpha value is -3.53. The largest absolute Gasteiger partial charge is 0.348 e. The molecule has 0 spiro atoms. The maximum absolute atomic E-state index is 12.9. The number of nitrogens with one attached hydrogen (secondary N) is 1. The van der Waals surface area contributed by atoms with Gasteiger partial charge < -0.3 is 5.32 Å². The topological polar surface area (TPSA) is 54.9 Å². The van der Waals surface area contributed by atoms with Crippen LogP contribution >= 0.6 is 0 Å². The first kappa shape index (κ1) is 16.0. The Bertz CT molecular complexity index is 1050. The summed E-state index contributed by atoms with van der Waals surface area (Å²) in [5.74, 6) is -0.113. The number of aromatic nitrogens is 2. The molecule has 0 radical (unpaired) electrons. The molecule has 0 aliphatic rings. The second-order valence-electron chi connectivity index (χ2n) is 5.98. The van der Waals surface area contributed by atoms with Gasteiger partial charge in [0.05, 0.1) is 16.8 Å². The molecule has 0 saturated carbocycles.